The summed E-state index contributed by atoms with van der Waals surface area (Å²) in [5, 5.41) is 5.97. The minimum Gasteiger partial charge on any atom is -0.483 e. The lowest BCUT2D eigenvalue weighted by Gasteiger charge is -2.08. The molecule has 0 bridgehead atoms. The lowest BCUT2D eigenvalue weighted by atomic mass is 10.1. The Balaban J connectivity index is 1.57. The van der Waals surface area contributed by atoms with Gasteiger partial charge in [-0.15, -0.1) is 11.3 Å². The van der Waals surface area contributed by atoms with Crippen molar-refractivity contribution in [2.75, 3.05) is 6.61 Å². The van der Waals surface area contributed by atoms with Gasteiger partial charge < -0.3 is 4.74 Å². The second-order valence-corrected chi connectivity index (χ2v) is 7.20. The number of nitrogens with one attached hydrogen (secondary N) is 1. The fourth-order valence-electron chi connectivity index (χ4n) is 2.06. The summed E-state index contributed by atoms with van der Waals surface area (Å²) in [5.41, 5.74) is 2.46. The maximum Gasteiger partial charge on any atom is 0.277 e. The molecule has 0 radical (unpaired) electrons. The van der Waals surface area contributed by atoms with Gasteiger partial charge in [-0.3, -0.25) is 4.79 Å². The summed E-state index contributed by atoms with van der Waals surface area (Å²) in [5.74, 6) is 0.384. The van der Waals surface area contributed by atoms with E-state index in [0.717, 1.165) is 19.4 Å². The third-order valence-electron chi connectivity index (χ3n) is 3.08. The highest BCUT2D eigenvalue weighted by Crippen LogP contribution is 2.25. The Hall–Kier alpha value is -2.18. The second-order valence-electron chi connectivity index (χ2n) is 4.70. The fourth-order valence-corrected chi connectivity index (χ4v) is 3.36. The molecule has 0 saturated heterocycles. The highest BCUT2D eigenvalue weighted by atomic mass is 79.9. The Bertz CT molecular complexity index is 855. The number of halogens is 1. The molecule has 3 aromatic rings. The van der Waals surface area contributed by atoms with E-state index in [9.17, 15) is 4.79 Å². The zero-order valence-electron chi connectivity index (χ0n) is 12.0. The molecule has 6 heteroatoms. The molecule has 1 heterocycles. The van der Waals surface area contributed by atoms with E-state index in [2.05, 4.69) is 26.5 Å². The molecule has 1 N–H and O–H groups in total. The van der Waals surface area contributed by atoms with Crippen LogP contribution in [0.5, 0.6) is 5.75 Å². The average molecular weight is 389 g/mol. The highest BCUT2D eigenvalue weighted by molar-refractivity contribution is 9.11. The molecule has 0 aliphatic rings. The minimum atomic E-state index is -0.301. The van der Waals surface area contributed by atoms with Crippen molar-refractivity contribution in [1.82, 2.24) is 5.43 Å². The number of hydrogen-bond acceptors (Lipinski definition) is 4. The molecule has 0 aliphatic carbocycles. The van der Waals surface area contributed by atoms with Gasteiger partial charge >= 0.3 is 0 Å². The normalized spacial score (nSPS) is 11.0. The van der Waals surface area contributed by atoms with E-state index in [0.29, 0.717) is 5.75 Å². The highest BCUT2D eigenvalue weighted by Gasteiger charge is 2.05. The number of hydrazone groups is 1. The maximum absolute atomic E-state index is 11.8. The van der Waals surface area contributed by atoms with Crippen molar-refractivity contribution in [2.24, 2.45) is 5.10 Å². The quantitative estimate of drug-likeness (QED) is 0.526. The number of hydrogen-bond donors (Lipinski definition) is 1. The third-order valence-corrected chi connectivity index (χ3v) is 4.64. The first-order valence-corrected chi connectivity index (χ1v) is 8.51. The number of nitrogens with zero attached hydrogens (tertiary/aromatic N) is 1. The molecule has 0 spiro atoms. The van der Waals surface area contributed by atoms with Gasteiger partial charge in [-0.05, 0) is 39.5 Å². The maximum atomic E-state index is 11.8. The summed E-state index contributed by atoms with van der Waals surface area (Å²) in [7, 11) is 0. The smallest absolute Gasteiger partial charge is 0.277 e. The molecule has 23 heavy (non-hydrogen) atoms. The van der Waals surface area contributed by atoms with Gasteiger partial charge in [-0.1, -0.05) is 36.4 Å². The van der Waals surface area contributed by atoms with Crippen molar-refractivity contribution in [3.05, 3.63) is 63.3 Å². The zero-order chi connectivity index (χ0) is 16.1. The summed E-state index contributed by atoms with van der Waals surface area (Å²) < 4.78 is 6.62. The van der Waals surface area contributed by atoms with Crippen molar-refractivity contribution in [2.45, 2.75) is 0 Å². The van der Waals surface area contributed by atoms with Gasteiger partial charge in [0, 0.05) is 10.3 Å². The van der Waals surface area contributed by atoms with Crippen molar-refractivity contribution in [1.29, 1.82) is 0 Å². The van der Waals surface area contributed by atoms with Crippen LogP contribution in [0.15, 0.2) is 63.5 Å². The number of rotatable bonds is 5. The number of carbonyl (C=O) groups excluding carboxylic acids is 1. The molecule has 0 atom stereocenters. The van der Waals surface area contributed by atoms with E-state index in [1.807, 2.05) is 54.6 Å². The number of benzene rings is 2. The Labute approximate surface area is 145 Å². The van der Waals surface area contributed by atoms with E-state index < -0.39 is 0 Å². The second kappa shape index (κ2) is 7.39. The number of thiophene rings is 1. The lowest BCUT2D eigenvalue weighted by Crippen LogP contribution is -2.24. The van der Waals surface area contributed by atoms with Crippen LogP contribution in [-0.2, 0) is 4.79 Å². The van der Waals surface area contributed by atoms with Crippen molar-refractivity contribution < 1.29 is 9.53 Å². The molecule has 0 saturated carbocycles. The van der Waals surface area contributed by atoms with E-state index in [4.69, 9.17) is 4.74 Å². The topological polar surface area (TPSA) is 50.7 Å². The number of fused-ring (bicyclic) bond motifs is 1. The van der Waals surface area contributed by atoms with Crippen molar-refractivity contribution >= 4 is 50.2 Å². The van der Waals surface area contributed by atoms with Crippen LogP contribution in [-0.4, -0.2) is 18.7 Å². The molecule has 0 unspecified atom stereocenters. The number of ether oxygens (including phenoxy) is 1. The Morgan fingerprint density at radius 1 is 1.17 bits per heavy atom. The van der Waals surface area contributed by atoms with Gasteiger partial charge in [-0.25, -0.2) is 5.43 Å². The first-order chi connectivity index (χ1) is 11.2. The van der Waals surface area contributed by atoms with Crippen LogP contribution < -0.4 is 10.2 Å². The van der Waals surface area contributed by atoms with Crippen LogP contribution in [0.4, 0.5) is 0 Å². The minimum absolute atomic E-state index is 0.0838. The average Bonchev–Trinajstić information content (AvgIpc) is 2.98. The summed E-state index contributed by atoms with van der Waals surface area (Å²) in [6.45, 7) is -0.0838. The summed E-state index contributed by atoms with van der Waals surface area (Å²) in [4.78, 5) is 12.7. The Kier molecular flexibility index (Phi) is 5.05. The molecule has 116 valence electrons. The SMILES string of the molecule is O=C(COc1cccc2ccccc12)N/N=C/c1ccc(Br)s1. The predicted molar refractivity (Wildman–Crippen MR) is 97.2 cm³/mol. The van der Waals surface area contributed by atoms with Gasteiger partial charge in [0.1, 0.15) is 5.75 Å². The first kappa shape index (κ1) is 15.7. The summed E-state index contributed by atoms with van der Waals surface area (Å²) in [6.07, 6.45) is 1.60. The van der Waals surface area contributed by atoms with Gasteiger partial charge in [0.05, 0.1) is 10.0 Å². The van der Waals surface area contributed by atoms with Crippen LogP contribution in [0, 0.1) is 0 Å². The molecule has 4 nitrogen and oxygen atoms in total. The zero-order valence-corrected chi connectivity index (χ0v) is 14.4. The number of amides is 1. The molecule has 0 fully saturated rings. The van der Waals surface area contributed by atoms with Crippen LogP contribution in [0.25, 0.3) is 10.8 Å². The van der Waals surface area contributed by atoms with E-state index >= 15 is 0 Å². The summed E-state index contributed by atoms with van der Waals surface area (Å²) in [6, 6.07) is 17.5. The number of carbonyl (C=O) groups is 1. The molecular weight excluding hydrogens is 376 g/mol. The molecule has 1 amide bonds. The summed E-state index contributed by atoms with van der Waals surface area (Å²) >= 11 is 4.91. The third kappa shape index (κ3) is 4.18. The van der Waals surface area contributed by atoms with Gasteiger partial charge in [-0.2, -0.15) is 5.10 Å². The van der Waals surface area contributed by atoms with Gasteiger partial charge in [0.15, 0.2) is 6.61 Å². The predicted octanol–water partition coefficient (Wildman–Crippen LogP) is 4.19. The standard InChI is InChI=1S/C17H13BrN2O2S/c18-16-9-8-13(23-16)10-19-20-17(21)11-22-15-7-3-5-12-4-1-2-6-14(12)15/h1-10H,11H2,(H,20,21)/b19-10+. The molecule has 0 aliphatic heterocycles. The largest absolute Gasteiger partial charge is 0.483 e. The van der Waals surface area contributed by atoms with Crippen LogP contribution in [0.3, 0.4) is 0 Å². The first-order valence-electron chi connectivity index (χ1n) is 6.90. The van der Waals surface area contributed by atoms with Crippen LogP contribution in [0.1, 0.15) is 4.88 Å². The van der Waals surface area contributed by atoms with E-state index in [1.165, 1.54) is 11.3 Å². The molecule has 2 aromatic carbocycles. The fraction of sp³-hybridized carbons (Fsp3) is 0.0588. The monoisotopic (exact) mass is 388 g/mol. The Morgan fingerprint density at radius 2 is 2.00 bits per heavy atom. The Morgan fingerprint density at radius 3 is 2.83 bits per heavy atom. The molecule has 1 aromatic heterocycles. The van der Waals surface area contributed by atoms with E-state index in [1.54, 1.807) is 6.21 Å². The van der Waals surface area contributed by atoms with Crippen molar-refractivity contribution in [3.8, 4) is 5.75 Å². The van der Waals surface area contributed by atoms with Crippen LogP contribution in [0.2, 0.25) is 0 Å². The lowest BCUT2D eigenvalue weighted by molar-refractivity contribution is -0.123. The van der Waals surface area contributed by atoms with Crippen molar-refractivity contribution in [3.63, 3.8) is 0 Å². The molecule has 3 rings (SSSR count). The van der Waals surface area contributed by atoms with E-state index in [-0.39, 0.29) is 12.5 Å². The van der Waals surface area contributed by atoms with Gasteiger partial charge in [0.25, 0.3) is 5.91 Å². The van der Waals surface area contributed by atoms with Gasteiger partial charge in [0.2, 0.25) is 0 Å². The van der Waals surface area contributed by atoms with Crippen LogP contribution >= 0.6 is 27.3 Å². The molecular formula is C17H13BrN2O2S.